The maximum Gasteiger partial charge on any atom is 0.164 e. The minimum Gasteiger partial charge on any atom is -0.161 e. The van der Waals surface area contributed by atoms with Crippen molar-refractivity contribution in [2.45, 2.75) is 0 Å². The van der Waals surface area contributed by atoms with Crippen LogP contribution in [0.15, 0.2) is 0 Å². The number of nitrogens with zero attached hydrogens (tertiary/aromatic N) is 2. The van der Waals surface area contributed by atoms with Gasteiger partial charge in [0.05, 0.1) is 11.7 Å². The molecule has 0 aliphatic carbocycles. The quantitative estimate of drug-likeness (QED) is 0.600. The van der Waals surface area contributed by atoms with Crippen LogP contribution in [0.4, 0.5) is 0 Å². The summed E-state index contributed by atoms with van der Waals surface area (Å²) in [4.78, 5) is 0. The predicted octanol–water partition coefficient (Wildman–Crippen LogP) is 2.57. The molecule has 0 saturated heterocycles. The molecule has 6 heteroatoms. The molecule has 0 fully saturated rings. The second-order valence-corrected chi connectivity index (χ2v) is 2.83. The van der Waals surface area contributed by atoms with E-state index in [0.717, 1.165) is 11.7 Å². The molecule has 1 aromatic rings. The Morgan fingerprint density at radius 1 is 1.22 bits per heavy atom. The van der Waals surface area contributed by atoms with Crippen LogP contribution in [0, 0.1) is 4.51 Å². The third kappa shape index (κ3) is 1.58. The van der Waals surface area contributed by atoms with Crippen molar-refractivity contribution in [2.24, 2.45) is 0 Å². The average molecular weight is 199 g/mol. The van der Waals surface area contributed by atoms with Gasteiger partial charge in [0.15, 0.2) is 10.3 Å². The molecule has 0 atom stereocenters. The van der Waals surface area contributed by atoms with Crippen LogP contribution < -0.4 is 0 Å². The van der Waals surface area contributed by atoms with E-state index in [1.54, 1.807) is 0 Å². The van der Waals surface area contributed by atoms with Crippen LogP contribution in [-0.2, 0) is 0 Å². The summed E-state index contributed by atoms with van der Waals surface area (Å²) in [5, 5.41) is 0.491. The average Bonchev–Trinajstić information content (AvgIpc) is 1.83. The number of aromatic nitrogens is 2. The van der Waals surface area contributed by atoms with Gasteiger partial charge in [-0.3, -0.25) is 0 Å². The second kappa shape index (κ2) is 2.88. The molecule has 0 aliphatic rings. The van der Waals surface area contributed by atoms with E-state index in [9.17, 15) is 0 Å². The van der Waals surface area contributed by atoms with Crippen LogP contribution in [0.1, 0.15) is 0 Å². The van der Waals surface area contributed by atoms with Crippen LogP contribution >= 0.6 is 47.1 Å². The lowest BCUT2D eigenvalue weighted by atomic mass is 10.7. The minimum absolute atomic E-state index is 0.245. The van der Waals surface area contributed by atoms with E-state index in [0.29, 0.717) is 4.51 Å². The van der Waals surface area contributed by atoms with Gasteiger partial charge in [0.1, 0.15) is 4.51 Å². The first-order chi connectivity index (χ1) is 4.22. The van der Waals surface area contributed by atoms with Gasteiger partial charge in [-0.05, 0) is 0 Å². The SMILES string of the molecule is S=c1c(Cl)nsnc1Cl. The van der Waals surface area contributed by atoms with Crippen molar-refractivity contribution in [2.75, 3.05) is 0 Å². The first-order valence-corrected chi connectivity index (χ1v) is 3.79. The number of hydrogen-bond donors (Lipinski definition) is 0. The minimum atomic E-state index is 0.245. The fraction of sp³-hybridized carbons (Fsp3) is 0. The standard InChI is InChI=1S/C3Cl2N2S2/c4-2-1(8)3(5)7-9-6-2. The van der Waals surface area contributed by atoms with Crippen LogP contribution in [0.2, 0.25) is 10.3 Å². The molecule has 0 N–H and O–H groups in total. The highest BCUT2D eigenvalue weighted by molar-refractivity contribution is 7.71. The third-order valence-electron chi connectivity index (χ3n) is 0.617. The smallest absolute Gasteiger partial charge is 0.161 e. The Morgan fingerprint density at radius 2 is 1.67 bits per heavy atom. The summed E-state index contributed by atoms with van der Waals surface area (Å²) in [6, 6.07) is 0. The van der Waals surface area contributed by atoms with Crippen molar-refractivity contribution >= 4 is 47.1 Å². The van der Waals surface area contributed by atoms with E-state index in [4.69, 9.17) is 35.4 Å². The van der Waals surface area contributed by atoms with Crippen molar-refractivity contribution in [1.29, 1.82) is 0 Å². The van der Waals surface area contributed by atoms with Gasteiger partial charge in [-0.15, -0.1) is 0 Å². The maximum absolute atomic E-state index is 5.48. The Bertz CT molecular complexity index is 248. The normalized spacial score (nSPS) is 9.56. The van der Waals surface area contributed by atoms with Gasteiger partial charge in [0.2, 0.25) is 0 Å². The van der Waals surface area contributed by atoms with Gasteiger partial charge in [-0.2, -0.15) is 8.75 Å². The number of hydrogen-bond acceptors (Lipinski definition) is 4. The lowest BCUT2D eigenvalue weighted by Crippen LogP contribution is -1.75. The molecule has 9 heavy (non-hydrogen) atoms. The molecular formula is C3Cl2N2S2. The molecule has 0 unspecified atom stereocenters. The predicted molar refractivity (Wildman–Crippen MR) is 40.8 cm³/mol. The molecule has 0 aliphatic heterocycles. The van der Waals surface area contributed by atoms with Gasteiger partial charge in [0.25, 0.3) is 0 Å². The van der Waals surface area contributed by atoms with Gasteiger partial charge in [-0.1, -0.05) is 35.4 Å². The van der Waals surface area contributed by atoms with E-state index in [1.165, 1.54) is 0 Å². The third-order valence-corrected chi connectivity index (χ3v) is 2.50. The van der Waals surface area contributed by atoms with Crippen LogP contribution in [0.25, 0.3) is 0 Å². The molecule has 1 aromatic heterocycles. The Labute approximate surface area is 70.8 Å². The molecule has 0 bridgehead atoms. The molecule has 0 saturated carbocycles. The summed E-state index contributed by atoms with van der Waals surface area (Å²) in [7, 11) is 0. The van der Waals surface area contributed by atoms with E-state index in [-0.39, 0.29) is 10.3 Å². The summed E-state index contributed by atoms with van der Waals surface area (Å²) in [5.74, 6) is 0. The van der Waals surface area contributed by atoms with E-state index < -0.39 is 0 Å². The van der Waals surface area contributed by atoms with E-state index in [1.807, 2.05) is 0 Å². The monoisotopic (exact) mass is 198 g/mol. The molecule has 0 aromatic carbocycles. The van der Waals surface area contributed by atoms with Crippen LogP contribution in [-0.4, -0.2) is 8.75 Å². The summed E-state index contributed by atoms with van der Waals surface area (Å²) >= 11 is 16.6. The van der Waals surface area contributed by atoms with E-state index >= 15 is 0 Å². The number of rotatable bonds is 0. The van der Waals surface area contributed by atoms with Crippen molar-refractivity contribution in [3.8, 4) is 0 Å². The Hall–Kier alpha value is 0.230. The van der Waals surface area contributed by atoms with Gasteiger partial charge in [-0.25, -0.2) is 0 Å². The molecule has 0 spiro atoms. The van der Waals surface area contributed by atoms with Gasteiger partial charge in [0, 0.05) is 0 Å². The fourth-order valence-corrected chi connectivity index (χ4v) is 1.25. The highest BCUT2D eigenvalue weighted by Crippen LogP contribution is 2.14. The largest absolute Gasteiger partial charge is 0.164 e. The van der Waals surface area contributed by atoms with Crippen LogP contribution in [0.3, 0.4) is 0 Å². The van der Waals surface area contributed by atoms with Crippen molar-refractivity contribution in [3.05, 3.63) is 14.8 Å². The first kappa shape index (κ1) is 7.34. The molecule has 0 radical (unpaired) electrons. The molecule has 48 valence electrons. The lowest BCUT2D eigenvalue weighted by molar-refractivity contribution is 1.39. The molecule has 2 nitrogen and oxygen atoms in total. The maximum atomic E-state index is 5.48. The van der Waals surface area contributed by atoms with Crippen LogP contribution in [0.5, 0.6) is 0 Å². The second-order valence-electron chi connectivity index (χ2n) is 1.17. The van der Waals surface area contributed by atoms with Gasteiger partial charge < -0.3 is 0 Å². The number of halogens is 2. The summed E-state index contributed by atoms with van der Waals surface area (Å²) in [6.07, 6.45) is 0. The molecule has 0 amide bonds. The lowest BCUT2D eigenvalue weighted by Gasteiger charge is -1.85. The van der Waals surface area contributed by atoms with Crippen molar-refractivity contribution in [3.63, 3.8) is 0 Å². The highest BCUT2D eigenvalue weighted by Gasteiger charge is 1.97. The first-order valence-electron chi connectivity index (χ1n) is 1.89. The Kier molecular flexibility index (Phi) is 2.35. The highest BCUT2D eigenvalue weighted by atomic mass is 35.5. The Balaban J connectivity index is 3.43. The zero-order valence-electron chi connectivity index (χ0n) is 3.97. The Morgan fingerprint density at radius 3 is 2.00 bits per heavy atom. The van der Waals surface area contributed by atoms with Crippen molar-refractivity contribution < 1.29 is 0 Å². The van der Waals surface area contributed by atoms with E-state index in [2.05, 4.69) is 8.75 Å². The zero-order valence-corrected chi connectivity index (χ0v) is 7.11. The van der Waals surface area contributed by atoms with Crippen molar-refractivity contribution in [1.82, 2.24) is 8.75 Å². The summed E-state index contributed by atoms with van der Waals surface area (Å²) in [5.41, 5.74) is 0. The molecule has 1 rings (SSSR count). The summed E-state index contributed by atoms with van der Waals surface area (Å²) in [6.45, 7) is 0. The fourth-order valence-electron chi connectivity index (χ4n) is 0.260. The zero-order chi connectivity index (χ0) is 6.85. The van der Waals surface area contributed by atoms with Gasteiger partial charge >= 0.3 is 0 Å². The summed E-state index contributed by atoms with van der Waals surface area (Å²) < 4.78 is 7.61. The molecule has 1 heterocycles. The topological polar surface area (TPSA) is 25.8 Å². The molecular weight excluding hydrogens is 199 g/mol.